The quantitative estimate of drug-likeness (QED) is 0.688. The minimum absolute atomic E-state index is 0.150. The molecule has 114 valence electrons. The van der Waals surface area contributed by atoms with Crippen LogP contribution in [0.1, 0.15) is 6.42 Å². The van der Waals surface area contributed by atoms with E-state index < -0.39 is 20.0 Å². The number of para-hydroxylation sites is 1. The van der Waals surface area contributed by atoms with Crippen LogP contribution in [0.3, 0.4) is 0 Å². The average molecular weight is 321 g/mol. The fraction of sp³-hybridized carbons (Fsp3) is 0.455. The molecule has 1 aromatic rings. The van der Waals surface area contributed by atoms with Crippen molar-refractivity contribution in [3.8, 4) is 0 Å². The van der Waals surface area contributed by atoms with Crippen LogP contribution in [0.15, 0.2) is 29.2 Å². The molecule has 0 aliphatic rings. The van der Waals surface area contributed by atoms with E-state index in [1.807, 2.05) is 0 Å². The smallest absolute Gasteiger partial charge is 0.244 e. The Morgan fingerprint density at radius 2 is 1.75 bits per heavy atom. The third kappa shape index (κ3) is 4.75. The molecule has 0 radical (unpaired) electrons. The molecule has 3 N–H and O–H groups in total. The lowest BCUT2D eigenvalue weighted by molar-refractivity contribution is 0.521. The van der Waals surface area contributed by atoms with E-state index in [1.165, 1.54) is 20.2 Å². The zero-order valence-corrected chi connectivity index (χ0v) is 13.0. The summed E-state index contributed by atoms with van der Waals surface area (Å²) < 4.78 is 47.0. The Balaban J connectivity index is 2.82. The van der Waals surface area contributed by atoms with Gasteiger partial charge >= 0.3 is 0 Å². The zero-order chi connectivity index (χ0) is 15.4. The summed E-state index contributed by atoms with van der Waals surface area (Å²) in [5.41, 5.74) is 0.440. The van der Waals surface area contributed by atoms with E-state index in [0.717, 1.165) is 4.31 Å². The van der Waals surface area contributed by atoms with E-state index in [0.29, 0.717) is 18.7 Å². The first-order chi connectivity index (χ1) is 9.14. The van der Waals surface area contributed by atoms with Crippen molar-refractivity contribution in [3.05, 3.63) is 24.3 Å². The zero-order valence-electron chi connectivity index (χ0n) is 11.4. The molecule has 0 fully saturated rings. The number of benzene rings is 1. The van der Waals surface area contributed by atoms with Gasteiger partial charge in [-0.1, -0.05) is 12.1 Å². The Morgan fingerprint density at radius 1 is 1.15 bits per heavy atom. The number of hydrogen-bond donors (Lipinski definition) is 2. The Labute approximate surface area is 119 Å². The van der Waals surface area contributed by atoms with Crippen LogP contribution in [0.2, 0.25) is 0 Å². The van der Waals surface area contributed by atoms with E-state index in [2.05, 4.69) is 5.32 Å². The lowest BCUT2D eigenvalue weighted by Gasteiger charge is -2.16. The molecular weight excluding hydrogens is 302 g/mol. The van der Waals surface area contributed by atoms with Gasteiger partial charge in [0, 0.05) is 20.6 Å². The number of primary sulfonamides is 1. The molecule has 9 heteroatoms. The third-order valence-electron chi connectivity index (χ3n) is 2.57. The third-order valence-corrected chi connectivity index (χ3v) is 5.30. The summed E-state index contributed by atoms with van der Waals surface area (Å²) in [5.74, 6) is -0.150. The molecule has 1 aromatic carbocycles. The van der Waals surface area contributed by atoms with Gasteiger partial charge < -0.3 is 5.32 Å². The summed E-state index contributed by atoms with van der Waals surface area (Å²) in [4.78, 5) is 0.153. The molecule has 0 amide bonds. The number of nitrogens with one attached hydrogen (secondary N) is 1. The number of rotatable bonds is 7. The average Bonchev–Trinajstić information content (AvgIpc) is 2.33. The number of hydrogen-bond acceptors (Lipinski definition) is 5. The molecule has 0 aromatic heterocycles. The molecule has 0 heterocycles. The van der Waals surface area contributed by atoms with Gasteiger partial charge in [0.25, 0.3) is 0 Å². The maximum absolute atomic E-state index is 12.1. The van der Waals surface area contributed by atoms with Crippen molar-refractivity contribution in [2.45, 2.75) is 11.3 Å². The topological polar surface area (TPSA) is 110 Å². The lowest BCUT2D eigenvalue weighted by Crippen LogP contribution is -2.24. The van der Waals surface area contributed by atoms with Gasteiger partial charge in [-0.05, 0) is 18.6 Å². The maximum Gasteiger partial charge on any atom is 0.244 e. The van der Waals surface area contributed by atoms with Gasteiger partial charge in [0.2, 0.25) is 20.0 Å². The van der Waals surface area contributed by atoms with Crippen molar-refractivity contribution in [1.82, 2.24) is 4.31 Å². The Bertz CT molecular complexity index is 654. The Kier molecular flexibility index (Phi) is 5.51. The van der Waals surface area contributed by atoms with E-state index in [9.17, 15) is 16.8 Å². The van der Waals surface area contributed by atoms with E-state index in [-0.39, 0.29) is 10.6 Å². The first-order valence-corrected chi connectivity index (χ1v) is 9.06. The standard InChI is InChI=1S/C11H19N3O4S2/c1-14(2)20(17,18)11-7-4-3-6-10(11)13-8-5-9-19(12,15)16/h3-4,6-7,13H,5,8-9H2,1-2H3,(H2,12,15,16). The van der Waals surface area contributed by atoms with Crippen LogP contribution in [-0.4, -0.2) is 47.5 Å². The summed E-state index contributed by atoms with van der Waals surface area (Å²) in [5, 5.41) is 7.82. The fourth-order valence-electron chi connectivity index (χ4n) is 1.53. The molecule has 0 saturated carbocycles. The van der Waals surface area contributed by atoms with Gasteiger partial charge in [0.1, 0.15) is 4.90 Å². The van der Waals surface area contributed by atoms with Crippen molar-refractivity contribution >= 4 is 25.7 Å². The van der Waals surface area contributed by atoms with Gasteiger partial charge in [-0.15, -0.1) is 0 Å². The van der Waals surface area contributed by atoms with Crippen LogP contribution in [0.4, 0.5) is 5.69 Å². The summed E-state index contributed by atoms with van der Waals surface area (Å²) in [6.07, 6.45) is 0.301. The van der Waals surface area contributed by atoms with Crippen LogP contribution in [-0.2, 0) is 20.0 Å². The van der Waals surface area contributed by atoms with Crippen molar-refractivity contribution in [1.29, 1.82) is 0 Å². The number of nitrogens with zero attached hydrogens (tertiary/aromatic N) is 1. The highest BCUT2D eigenvalue weighted by atomic mass is 32.2. The molecule has 0 bridgehead atoms. The Hall–Kier alpha value is -1.16. The molecule has 0 spiro atoms. The molecule has 0 saturated heterocycles. The summed E-state index contributed by atoms with van der Waals surface area (Å²) in [6, 6.07) is 6.47. The van der Waals surface area contributed by atoms with Gasteiger partial charge in [-0.25, -0.2) is 26.3 Å². The van der Waals surface area contributed by atoms with E-state index in [4.69, 9.17) is 5.14 Å². The SMILES string of the molecule is CN(C)S(=O)(=O)c1ccccc1NCCCS(N)(=O)=O. The summed E-state index contributed by atoms with van der Waals surface area (Å²) in [7, 11) is -4.14. The summed E-state index contributed by atoms with van der Waals surface area (Å²) in [6.45, 7) is 0.316. The summed E-state index contributed by atoms with van der Waals surface area (Å²) >= 11 is 0. The normalized spacial score (nSPS) is 12.6. The molecule has 0 unspecified atom stereocenters. The maximum atomic E-state index is 12.1. The molecule has 1 rings (SSSR count). The number of sulfonamides is 2. The number of anilines is 1. The molecule has 0 aliphatic carbocycles. The predicted molar refractivity (Wildman–Crippen MR) is 78.4 cm³/mol. The number of nitrogens with two attached hydrogens (primary N) is 1. The first kappa shape index (κ1) is 16.9. The van der Waals surface area contributed by atoms with E-state index in [1.54, 1.807) is 18.2 Å². The van der Waals surface area contributed by atoms with Crippen LogP contribution >= 0.6 is 0 Å². The Morgan fingerprint density at radius 3 is 2.30 bits per heavy atom. The monoisotopic (exact) mass is 321 g/mol. The largest absolute Gasteiger partial charge is 0.384 e. The van der Waals surface area contributed by atoms with Gasteiger partial charge in [0.15, 0.2) is 0 Å². The molecule has 0 atom stereocenters. The second-order valence-electron chi connectivity index (χ2n) is 4.43. The highest BCUT2D eigenvalue weighted by Crippen LogP contribution is 2.22. The highest BCUT2D eigenvalue weighted by Gasteiger charge is 2.20. The van der Waals surface area contributed by atoms with Crippen LogP contribution in [0, 0.1) is 0 Å². The minimum atomic E-state index is -3.55. The molecular formula is C11H19N3O4S2. The van der Waals surface area contributed by atoms with E-state index >= 15 is 0 Å². The molecule has 0 aliphatic heterocycles. The van der Waals surface area contributed by atoms with Crippen LogP contribution in [0.25, 0.3) is 0 Å². The second-order valence-corrected chi connectivity index (χ2v) is 8.29. The molecule has 7 nitrogen and oxygen atoms in total. The van der Waals surface area contributed by atoms with Crippen LogP contribution in [0.5, 0.6) is 0 Å². The van der Waals surface area contributed by atoms with Crippen molar-refractivity contribution < 1.29 is 16.8 Å². The lowest BCUT2D eigenvalue weighted by atomic mass is 10.3. The van der Waals surface area contributed by atoms with Gasteiger partial charge in [-0.3, -0.25) is 0 Å². The molecule has 20 heavy (non-hydrogen) atoms. The minimum Gasteiger partial charge on any atom is -0.384 e. The van der Waals surface area contributed by atoms with Gasteiger partial charge in [-0.2, -0.15) is 0 Å². The first-order valence-electron chi connectivity index (χ1n) is 5.90. The second kappa shape index (κ2) is 6.53. The van der Waals surface area contributed by atoms with Gasteiger partial charge in [0.05, 0.1) is 11.4 Å². The predicted octanol–water partition coefficient (Wildman–Crippen LogP) is 0.0274. The van der Waals surface area contributed by atoms with Crippen molar-refractivity contribution in [2.75, 3.05) is 31.7 Å². The highest BCUT2D eigenvalue weighted by molar-refractivity contribution is 7.89. The van der Waals surface area contributed by atoms with Crippen LogP contribution < -0.4 is 10.5 Å². The van der Waals surface area contributed by atoms with Crippen molar-refractivity contribution in [3.63, 3.8) is 0 Å². The fourth-order valence-corrected chi connectivity index (χ4v) is 3.14. The van der Waals surface area contributed by atoms with Crippen molar-refractivity contribution in [2.24, 2.45) is 5.14 Å².